The molecule has 1 heterocycles. The molecule has 10 heteroatoms. The van der Waals surface area contributed by atoms with Crippen molar-refractivity contribution in [3.05, 3.63) is 65.5 Å². The van der Waals surface area contributed by atoms with Gasteiger partial charge in [0, 0.05) is 38.3 Å². The summed E-state index contributed by atoms with van der Waals surface area (Å²) >= 11 is 0. The van der Waals surface area contributed by atoms with Crippen molar-refractivity contribution in [2.75, 3.05) is 26.2 Å². The monoisotopic (exact) mass is 441 g/mol. The second kappa shape index (κ2) is 9.15. The number of nitrogens with zero attached hydrogens (tertiary/aromatic N) is 2. The molecule has 0 aliphatic carbocycles. The number of hydrogen-bond acceptors (Lipinski definition) is 4. The molecule has 0 bridgehead atoms. The summed E-state index contributed by atoms with van der Waals surface area (Å²) in [4.78, 5) is 13.9. The van der Waals surface area contributed by atoms with Gasteiger partial charge in [0.15, 0.2) is 11.6 Å². The molecule has 2 aromatic carbocycles. The topological polar surface area (TPSA) is 69.7 Å². The highest BCUT2D eigenvalue weighted by Gasteiger charge is 2.32. The maximum absolute atomic E-state index is 13.7. The van der Waals surface area contributed by atoms with Gasteiger partial charge in [0.25, 0.3) is 0 Å². The Bertz CT molecular complexity index is 1020. The van der Waals surface area contributed by atoms with Crippen LogP contribution in [0, 0.1) is 17.5 Å². The van der Waals surface area contributed by atoms with Crippen molar-refractivity contribution < 1.29 is 26.4 Å². The predicted molar refractivity (Wildman–Crippen MR) is 104 cm³/mol. The Morgan fingerprint density at radius 1 is 1.00 bits per heavy atom. The molecule has 1 unspecified atom stereocenters. The van der Waals surface area contributed by atoms with E-state index < -0.39 is 33.5 Å². The maximum Gasteiger partial charge on any atom is 0.243 e. The Morgan fingerprint density at radius 3 is 2.30 bits per heavy atom. The lowest BCUT2D eigenvalue weighted by molar-refractivity contribution is -0.126. The number of carbonyl (C=O) groups is 1. The highest BCUT2D eigenvalue weighted by molar-refractivity contribution is 7.89. The third-order valence-electron chi connectivity index (χ3n) is 5.14. The van der Waals surface area contributed by atoms with Crippen molar-refractivity contribution in [1.82, 2.24) is 14.5 Å². The number of nitrogens with one attached hydrogen (secondary N) is 1. The van der Waals surface area contributed by atoms with Crippen molar-refractivity contribution in [3.63, 3.8) is 0 Å². The number of benzene rings is 2. The minimum absolute atomic E-state index is 0.0559. The minimum Gasteiger partial charge on any atom is -0.351 e. The molecule has 2 aromatic rings. The average molecular weight is 441 g/mol. The van der Waals surface area contributed by atoms with Crippen LogP contribution in [0.3, 0.4) is 0 Å². The molecule has 1 aliphatic heterocycles. The Hall–Kier alpha value is -2.43. The van der Waals surface area contributed by atoms with Gasteiger partial charge in [0.05, 0.1) is 10.9 Å². The smallest absolute Gasteiger partial charge is 0.243 e. The zero-order valence-corrected chi connectivity index (χ0v) is 17.1. The van der Waals surface area contributed by atoms with E-state index in [1.165, 1.54) is 10.4 Å². The molecule has 0 radical (unpaired) electrons. The summed E-state index contributed by atoms with van der Waals surface area (Å²) in [6.45, 7) is 2.53. The van der Waals surface area contributed by atoms with E-state index in [0.29, 0.717) is 11.6 Å². The first-order chi connectivity index (χ1) is 14.2. The average Bonchev–Trinajstić information content (AvgIpc) is 2.74. The first kappa shape index (κ1) is 22.3. The lowest BCUT2D eigenvalue weighted by Gasteiger charge is -2.36. The number of sulfonamides is 1. The van der Waals surface area contributed by atoms with Crippen molar-refractivity contribution in [2.45, 2.75) is 24.4 Å². The second-order valence-corrected chi connectivity index (χ2v) is 8.94. The lowest BCUT2D eigenvalue weighted by Crippen LogP contribution is -2.54. The van der Waals surface area contributed by atoms with Crippen LogP contribution in [0.15, 0.2) is 47.4 Å². The van der Waals surface area contributed by atoms with E-state index in [1.54, 1.807) is 25.1 Å². The molecule has 3 rings (SSSR count). The quantitative estimate of drug-likeness (QED) is 0.746. The third-order valence-corrected chi connectivity index (χ3v) is 7.03. The molecule has 30 heavy (non-hydrogen) atoms. The highest BCUT2D eigenvalue weighted by Crippen LogP contribution is 2.20. The van der Waals surface area contributed by atoms with Gasteiger partial charge in [-0.1, -0.05) is 18.2 Å². The first-order valence-electron chi connectivity index (χ1n) is 9.40. The Labute approximate surface area is 173 Å². The number of hydrogen-bond donors (Lipinski definition) is 1. The predicted octanol–water partition coefficient (Wildman–Crippen LogP) is 2.12. The van der Waals surface area contributed by atoms with Crippen LogP contribution in [0.25, 0.3) is 0 Å². The summed E-state index contributed by atoms with van der Waals surface area (Å²) in [7, 11) is -3.96. The molecule has 1 fully saturated rings. The molecular formula is C20H22F3N3O3S. The van der Waals surface area contributed by atoms with Crippen LogP contribution in [-0.2, 0) is 21.4 Å². The second-order valence-electron chi connectivity index (χ2n) is 7.00. The van der Waals surface area contributed by atoms with Crippen molar-refractivity contribution in [1.29, 1.82) is 0 Å². The Kier molecular flexibility index (Phi) is 6.79. The highest BCUT2D eigenvalue weighted by atomic mass is 32.2. The summed E-state index contributed by atoms with van der Waals surface area (Å²) in [5.74, 6) is -3.04. The zero-order chi connectivity index (χ0) is 21.9. The number of amides is 1. The largest absolute Gasteiger partial charge is 0.351 e. The first-order valence-corrected chi connectivity index (χ1v) is 10.8. The van der Waals surface area contributed by atoms with Gasteiger partial charge in [-0.15, -0.1) is 0 Å². The van der Waals surface area contributed by atoms with Gasteiger partial charge in [-0.2, -0.15) is 4.31 Å². The van der Waals surface area contributed by atoms with E-state index in [1.807, 2.05) is 4.90 Å². The molecule has 0 saturated carbocycles. The number of halogens is 3. The lowest BCUT2D eigenvalue weighted by atomic mass is 10.2. The molecule has 1 saturated heterocycles. The molecule has 1 atom stereocenters. The van der Waals surface area contributed by atoms with E-state index in [4.69, 9.17) is 0 Å². The van der Waals surface area contributed by atoms with Crippen LogP contribution in [0.1, 0.15) is 12.5 Å². The van der Waals surface area contributed by atoms with Crippen LogP contribution in [0.4, 0.5) is 13.2 Å². The van der Waals surface area contributed by atoms with Crippen LogP contribution in [-0.4, -0.2) is 55.8 Å². The fourth-order valence-electron chi connectivity index (χ4n) is 3.26. The van der Waals surface area contributed by atoms with E-state index >= 15 is 0 Å². The van der Waals surface area contributed by atoms with E-state index in [9.17, 15) is 26.4 Å². The number of rotatable bonds is 6. The van der Waals surface area contributed by atoms with Crippen LogP contribution >= 0.6 is 0 Å². The maximum atomic E-state index is 13.7. The normalized spacial score (nSPS) is 16.9. The molecular weight excluding hydrogens is 419 g/mol. The SMILES string of the molecule is CC(C(=O)NCc1ccccc1F)N1CCN(S(=O)(=O)c2ccc(F)c(F)c2)CC1. The summed E-state index contributed by atoms with van der Waals surface area (Å²) < 4.78 is 66.7. The Balaban J connectivity index is 1.57. The molecule has 0 spiro atoms. The minimum atomic E-state index is -3.96. The van der Waals surface area contributed by atoms with Gasteiger partial charge in [-0.05, 0) is 31.2 Å². The zero-order valence-electron chi connectivity index (χ0n) is 16.3. The van der Waals surface area contributed by atoms with Crippen molar-refractivity contribution in [2.24, 2.45) is 0 Å². The number of piperazine rings is 1. The van der Waals surface area contributed by atoms with Crippen molar-refractivity contribution >= 4 is 15.9 Å². The molecule has 6 nitrogen and oxygen atoms in total. The van der Waals surface area contributed by atoms with Gasteiger partial charge in [0.1, 0.15) is 5.82 Å². The van der Waals surface area contributed by atoms with Crippen LogP contribution in [0.2, 0.25) is 0 Å². The summed E-state index contributed by atoms with van der Waals surface area (Å²) in [6, 6.07) is 8.08. The molecule has 0 aromatic heterocycles. The van der Waals surface area contributed by atoms with E-state index in [-0.39, 0.29) is 43.5 Å². The van der Waals surface area contributed by atoms with E-state index in [2.05, 4.69) is 5.32 Å². The third kappa shape index (κ3) is 4.82. The Morgan fingerprint density at radius 2 is 1.67 bits per heavy atom. The summed E-state index contributed by atoms with van der Waals surface area (Å²) in [5, 5.41) is 2.69. The van der Waals surface area contributed by atoms with Gasteiger partial charge in [0.2, 0.25) is 15.9 Å². The van der Waals surface area contributed by atoms with Gasteiger partial charge < -0.3 is 5.32 Å². The van der Waals surface area contributed by atoms with Crippen molar-refractivity contribution in [3.8, 4) is 0 Å². The van der Waals surface area contributed by atoms with Gasteiger partial charge in [-0.3, -0.25) is 9.69 Å². The molecule has 1 N–H and O–H groups in total. The van der Waals surface area contributed by atoms with Crippen LogP contribution in [0.5, 0.6) is 0 Å². The summed E-state index contributed by atoms with van der Waals surface area (Å²) in [6.07, 6.45) is 0. The van der Waals surface area contributed by atoms with Crippen LogP contribution < -0.4 is 5.32 Å². The molecule has 162 valence electrons. The molecule has 1 aliphatic rings. The van der Waals surface area contributed by atoms with E-state index in [0.717, 1.165) is 12.1 Å². The summed E-state index contributed by atoms with van der Waals surface area (Å²) in [5.41, 5.74) is 0.375. The standard InChI is InChI=1S/C20H22F3N3O3S/c1-14(20(27)24-13-15-4-2-3-5-17(15)21)25-8-10-26(11-9-25)30(28,29)16-6-7-18(22)19(23)12-16/h2-7,12,14H,8-11,13H2,1H3,(H,24,27). The number of carbonyl (C=O) groups excluding carboxylic acids is 1. The fourth-order valence-corrected chi connectivity index (χ4v) is 4.69. The van der Waals surface area contributed by atoms with Gasteiger partial charge >= 0.3 is 0 Å². The molecule has 1 amide bonds. The van der Waals surface area contributed by atoms with Gasteiger partial charge in [-0.25, -0.2) is 21.6 Å². The fraction of sp³-hybridized carbons (Fsp3) is 0.350.